The smallest absolute Gasteiger partial charge is 0.319 e. The van der Waals surface area contributed by atoms with E-state index in [4.69, 9.17) is 0 Å². The minimum atomic E-state index is -0.916. The summed E-state index contributed by atoms with van der Waals surface area (Å²) in [5.41, 5.74) is -0.184. The van der Waals surface area contributed by atoms with E-state index >= 15 is 0 Å². The Morgan fingerprint density at radius 2 is 1.86 bits per heavy atom. The first-order valence-corrected chi connectivity index (χ1v) is 7.14. The monoisotopic (exact) mass is 286 g/mol. The van der Waals surface area contributed by atoms with Crippen LogP contribution in [0.5, 0.6) is 0 Å². The molecule has 0 fully saturated rings. The molecule has 21 heavy (non-hydrogen) atoms. The fourth-order valence-electron chi connectivity index (χ4n) is 1.91. The van der Waals surface area contributed by atoms with Gasteiger partial charge in [0.2, 0.25) is 0 Å². The molecule has 2 aromatic carbocycles. The Labute approximate surface area is 125 Å². The van der Waals surface area contributed by atoms with Gasteiger partial charge < -0.3 is 15.7 Å². The predicted molar refractivity (Wildman–Crippen MR) is 86.4 cm³/mol. The fourth-order valence-corrected chi connectivity index (χ4v) is 1.91. The van der Waals surface area contributed by atoms with E-state index in [1.807, 2.05) is 56.3 Å². The minimum Gasteiger partial charge on any atom is -0.388 e. The van der Waals surface area contributed by atoms with Gasteiger partial charge in [0.15, 0.2) is 0 Å². The normalized spacial score (nSPS) is 14.0. The Morgan fingerprint density at radius 3 is 2.52 bits per heavy atom. The van der Waals surface area contributed by atoms with E-state index in [2.05, 4.69) is 10.6 Å². The fraction of sp³-hybridized carbons (Fsp3) is 0.353. The van der Waals surface area contributed by atoms with E-state index in [0.29, 0.717) is 0 Å². The molecule has 4 heteroatoms. The molecule has 2 amide bonds. The topological polar surface area (TPSA) is 61.4 Å². The number of carbonyl (C=O) groups is 1. The molecule has 1 unspecified atom stereocenters. The van der Waals surface area contributed by atoms with Crippen molar-refractivity contribution in [3.8, 4) is 0 Å². The standard InChI is InChI=1S/C17H22N2O2/c1-12(2)17(3,21)11-18-16(20)19-15-9-8-13-6-4-5-7-14(13)10-15/h4-10,12,21H,11H2,1-3H3,(H2,18,19,20). The predicted octanol–water partition coefficient (Wildman–Crippen LogP) is 3.37. The molecule has 0 saturated heterocycles. The van der Waals surface area contributed by atoms with Crippen molar-refractivity contribution in [2.24, 2.45) is 5.92 Å². The number of rotatable bonds is 4. The second kappa shape index (κ2) is 6.14. The Bertz CT molecular complexity index is 635. The van der Waals surface area contributed by atoms with Crippen molar-refractivity contribution in [1.82, 2.24) is 5.32 Å². The van der Waals surface area contributed by atoms with Gasteiger partial charge >= 0.3 is 6.03 Å². The summed E-state index contributed by atoms with van der Waals surface area (Å²) in [5.74, 6) is 0.0680. The highest BCUT2D eigenvalue weighted by atomic mass is 16.3. The number of aliphatic hydroxyl groups is 1. The molecule has 0 aromatic heterocycles. The number of benzene rings is 2. The average Bonchev–Trinajstić information content (AvgIpc) is 2.45. The van der Waals surface area contributed by atoms with Crippen LogP contribution in [-0.2, 0) is 0 Å². The molecule has 0 heterocycles. The Hall–Kier alpha value is -2.07. The first-order chi connectivity index (χ1) is 9.88. The molecular formula is C17H22N2O2. The lowest BCUT2D eigenvalue weighted by Crippen LogP contribution is -2.45. The van der Waals surface area contributed by atoms with Crippen LogP contribution in [0.25, 0.3) is 10.8 Å². The summed E-state index contributed by atoms with van der Waals surface area (Å²) >= 11 is 0. The third kappa shape index (κ3) is 3.95. The number of urea groups is 1. The molecule has 0 aliphatic carbocycles. The molecule has 112 valence electrons. The maximum absolute atomic E-state index is 11.9. The lowest BCUT2D eigenvalue weighted by atomic mass is 9.93. The van der Waals surface area contributed by atoms with Gasteiger partial charge in [-0.05, 0) is 35.7 Å². The van der Waals surface area contributed by atoms with E-state index in [-0.39, 0.29) is 18.5 Å². The van der Waals surface area contributed by atoms with Crippen LogP contribution in [0.3, 0.4) is 0 Å². The molecule has 0 aliphatic heterocycles. The molecule has 4 nitrogen and oxygen atoms in total. The van der Waals surface area contributed by atoms with Gasteiger partial charge in [-0.25, -0.2) is 4.79 Å². The molecule has 2 rings (SSSR count). The highest BCUT2D eigenvalue weighted by molar-refractivity contribution is 5.93. The van der Waals surface area contributed by atoms with Crippen molar-refractivity contribution in [3.05, 3.63) is 42.5 Å². The largest absolute Gasteiger partial charge is 0.388 e. The number of hydrogen-bond donors (Lipinski definition) is 3. The molecule has 3 N–H and O–H groups in total. The molecule has 2 aromatic rings. The van der Waals surface area contributed by atoms with E-state index in [0.717, 1.165) is 16.5 Å². The molecule has 0 bridgehead atoms. The molecular weight excluding hydrogens is 264 g/mol. The molecule has 0 radical (unpaired) electrons. The Balaban J connectivity index is 1.98. The van der Waals surface area contributed by atoms with Crippen molar-refractivity contribution in [1.29, 1.82) is 0 Å². The zero-order valence-electron chi connectivity index (χ0n) is 12.7. The summed E-state index contributed by atoms with van der Waals surface area (Å²) in [6.07, 6.45) is 0. The Morgan fingerprint density at radius 1 is 1.19 bits per heavy atom. The van der Waals surface area contributed by atoms with Gasteiger partial charge in [-0.2, -0.15) is 0 Å². The molecule has 1 atom stereocenters. The van der Waals surface area contributed by atoms with Crippen LogP contribution in [0, 0.1) is 5.92 Å². The quantitative estimate of drug-likeness (QED) is 0.807. The van der Waals surface area contributed by atoms with Crippen molar-refractivity contribution < 1.29 is 9.90 Å². The maximum Gasteiger partial charge on any atom is 0.319 e. The summed E-state index contributed by atoms with van der Waals surface area (Å²) in [7, 11) is 0. The number of nitrogens with one attached hydrogen (secondary N) is 2. The Kier molecular flexibility index (Phi) is 4.48. The van der Waals surface area contributed by atoms with Gasteiger partial charge in [0.05, 0.1) is 5.60 Å². The van der Waals surface area contributed by atoms with E-state index in [1.165, 1.54) is 0 Å². The van der Waals surface area contributed by atoms with Crippen LogP contribution in [0.15, 0.2) is 42.5 Å². The lowest BCUT2D eigenvalue weighted by Gasteiger charge is -2.27. The van der Waals surface area contributed by atoms with Crippen molar-refractivity contribution >= 4 is 22.5 Å². The van der Waals surface area contributed by atoms with Crippen molar-refractivity contribution in [2.45, 2.75) is 26.4 Å². The summed E-state index contributed by atoms with van der Waals surface area (Å²) in [6, 6.07) is 13.4. The first-order valence-electron chi connectivity index (χ1n) is 7.14. The van der Waals surface area contributed by atoms with Gasteiger partial charge in [-0.3, -0.25) is 0 Å². The number of amides is 2. The molecule has 0 aliphatic rings. The highest BCUT2D eigenvalue weighted by Crippen LogP contribution is 2.19. The molecule has 0 spiro atoms. The van der Waals surface area contributed by atoms with Crippen LogP contribution in [0.1, 0.15) is 20.8 Å². The summed E-state index contributed by atoms with van der Waals surface area (Å²) in [4.78, 5) is 11.9. The van der Waals surface area contributed by atoms with Crippen LogP contribution in [0.2, 0.25) is 0 Å². The molecule has 0 saturated carbocycles. The van der Waals surface area contributed by atoms with Gasteiger partial charge in [-0.1, -0.05) is 44.2 Å². The summed E-state index contributed by atoms with van der Waals surface area (Å²) in [5, 5.41) is 17.8. The summed E-state index contributed by atoms with van der Waals surface area (Å²) in [6.45, 7) is 5.77. The number of carbonyl (C=O) groups excluding carboxylic acids is 1. The minimum absolute atomic E-state index is 0.0680. The number of fused-ring (bicyclic) bond motifs is 1. The second-order valence-electron chi connectivity index (χ2n) is 5.88. The highest BCUT2D eigenvalue weighted by Gasteiger charge is 2.25. The first kappa shape index (κ1) is 15.3. The van der Waals surface area contributed by atoms with Crippen LogP contribution < -0.4 is 10.6 Å². The van der Waals surface area contributed by atoms with Crippen LogP contribution in [-0.4, -0.2) is 23.3 Å². The zero-order valence-corrected chi connectivity index (χ0v) is 12.7. The lowest BCUT2D eigenvalue weighted by molar-refractivity contribution is 0.0170. The van der Waals surface area contributed by atoms with Crippen LogP contribution >= 0.6 is 0 Å². The number of hydrogen-bond acceptors (Lipinski definition) is 2. The number of anilines is 1. The van der Waals surface area contributed by atoms with Gasteiger partial charge in [0.25, 0.3) is 0 Å². The SMILES string of the molecule is CC(C)C(C)(O)CNC(=O)Nc1ccc2ccccc2c1. The van der Waals surface area contributed by atoms with E-state index in [1.54, 1.807) is 6.92 Å². The van der Waals surface area contributed by atoms with Gasteiger partial charge in [0.1, 0.15) is 0 Å². The van der Waals surface area contributed by atoms with E-state index < -0.39 is 5.60 Å². The second-order valence-corrected chi connectivity index (χ2v) is 5.88. The maximum atomic E-state index is 11.9. The van der Waals surface area contributed by atoms with Gasteiger partial charge in [0, 0.05) is 12.2 Å². The zero-order chi connectivity index (χ0) is 15.5. The van der Waals surface area contributed by atoms with E-state index in [9.17, 15) is 9.90 Å². The van der Waals surface area contributed by atoms with Gasteiger partial charge in [-0.15, -0.1) is 0 Å². The third-order valence-corrected chi connectivity index (χ3v) is 3.86. The average molecular weight is 286 g/mol. The summed E-state index contributed by atoms with van der Waals surface area (Å²) < 4.78 is 0. The van der Waals surface area contributed by atoms with Crippen molar-refractivity contribution in [2.75, 3.05) is 11.9 Å². The third-order valence-electron chi connectivity index (χ3n) is 3.86. The van der Waals surface area contributed by atoms with Crippen LogP contribution in [0.4, 0.5) is 10.5 Å². The van der Waals surface area contributed by atoms with Crippen molar-refractivity contribution in [3.63, 3.8) is 0 Å².